The summed E-state index contributed by atoms with van der Waals surface area (Å²) in [5.74, 6) is 0.988. The first-order valence-electron chi connectivity index (χ1n) is 21.8. The molecular formula is C43H47N13O6S. The van der Waals surface area contributed by atoms with Crippen molar-refractivity contribution in [1.82, 2.24) is 49.0 Å². The molecule has 3 unspecified atom stereocenters. The number of nitrogens with zero attached hydrogens (tertiary/aromatic N) is 11. The summed E-state index contributed by atoms with van der Waals surface area (Å²) in [7, 11) is -3.50. The van der Waals surface area contributed by atoms with E-state index in [0.29, 0.717) is 65.0 Å². The summed E-state index contributed by atoms with van der Waals surface area (Å²) in [6.45, 7) is 8.83. The Hall–Kier alpha value is -6.28. The lowest BCUT2D eigenvalue weighted by Gasteiger charge is -2.39. The maximum Gasteiger partial charge on any atom is 0.262 e. The zero-order valence-electron chi connectivity index (χ0n) is 34.9. The van der Waals surface area contributed by atoms with E-state index < -0.39 is 39.7 Å². The number of amides is 4. The Morgan fingerprint density at radius 2 is 1.70 bits per heavy atom. The van der Waals surface area contributed by atoms with Crippen molar-refractivity contribution in [1.29, 1.82) is 0 Å². The molecule has 5 aromatic rings. The minimum atomic E-state index is -3.50. The molecule has 1 aliphatic carbocycles. The Bertz CT molecular complexity index is 2830. The van der Waals surface area contributed by atoms with Gasteiger partial charge in [0, 0.05) is 81.4 Å². The number of carbonyl (C=O) groups is 4. The number of carbonyl (C=O) groups excluding carboxylic acids is 4. The van der Waals surface area contributed by atoms with Crippen LogP contribution in [0.3, 0.4) is 0 Å². The van der Waals surface area contributed by atoms with Gasteiger partial charge in [0.15, 0.2) is 11.6 Å². The molecule has 9 heterocycles. The van der Waals surface area contributed by atoms with E-state index in [1.54, 1.807) is 24.4 Å². The average Bonchev–Trinajstić information content (AvgIpc) is 3.56. The number of hydrogen-bond donors (Lipinski definition) is 2. The summed E-state index contributed by atoms with van der Waals surface area (Å²) < 4.78 is 28.4. The molecule has 1 aromatic carbocycles. The second-order valence-electron chi connectivity index (χ2n) is 17.9. The van der Waals surface area contributed by atoms with Gasteiger partial charge in [-0.1, -0.05) is 0 Å². The van der Waals surface area contributed by atoms with Gasteiger partial charge in [-0.05, 0) is 82.6 Å². The second-order valence-corrected chi connectivity index (χ2v) is 20.0. The lowest BCUT2D eigenvalue weighted by atomic mass is 9.95. The van der Waals surface area contributed by atoms with Crippen LogP contribution in [0.5, 0.6) is 0 Å². The molecule has 0 spiro atoms. The lowest BCUT2D eigenvalue weighted by molar-refractivity contribution is -0.136. The van der Waals surface area contributed by atoms with Gasteiger partial charge in [0.1, 0.15) is 17.7 Å². The molecular weight excluding hydrogens is 827 g/mol. The van der Waals surface area contributed by atoms with E-state index in [1.165, 1.54) is 12.4 Å². The Morgan fingerprint density at radius 3 is 2.44 bits per heavy atom. The fraction of sp³-hybridized carbons (Fsp3) is 0.465. The number of nitrogens with one attached hydrogen (secondary N) is 2. The summed E-state index contributed by atoms with van der Waals surface area (Å²) >= 11 is 0. The molecule has 3 atom stereocenters. The highest BCUT2D eigenvalue weighted by Gasteiger charge is 2.47. The molecule has 4 saturated heterocycles. The first-order chi connectivity index (χ1) is 30.4. The van der Waals surface area contributed by atoms with Crippen molar-refractivity contribution in [3.8, 4) is 11.4 Å². The molecule has 19 nitrogen and oxygen atoms in total. The van der Waals surface area contributed by atoms with Crippen LogP contribution in [0.15, 0.2) is 55.1 Å². The van der Waals surface area contributed by atoms with Crippen LogP contribution in [0.1, 0.15) is 85.6 Å². The van der Waals surface area contributed by atoms with Crippen LogP contribution < -0.4 is 20.4 Å². The van der Waals surface area contributed by atoms with Crippen molar-refractivity contribution in [2.45, 2.75) is 88.2 Å². The Balaban J connectivity index is 0.717. The molecule has 20 heteroatoms. The molecule has 5 fully saturated rings. The van der Waals surface area contributed by atoms with Gasteiger partial charge >= 0.3 is 0 Å². The summed E-state index contributed by atoms with van der Waals surface area (Å²) in [4.78, 5) is 73.1. The van der Waals surface area contributed by atoms with Crippen LogP contribution in [0.25, 0.3) is 22.3 Å². The summed E-state index contributed by atoms with van der Waals surface area (Å²) in [5.41, 5.74) is 3.00. The van der Waals surface area contributed by atoms with E-state index in [1.807, 2.05) is 23.0 Å². The molecule has 326 valence electrons. The highest BCUT2D eigenvalue weighted by Crippen LogP contribution is 2.39. The van der Waals surface area contributed by atoms with E-state index >= 15 is 0 Å². The van der Waals surface area contributed by atoms with Gasteiger partial charge in [0.05, 0.1) is 45.2 Å². The minimum Gasteiger partial charge on any atom is -0.366 e. The zero-order chi connectivity index (χ0) is 43.3. The van der Waals surface area contributed by atoms with Crippen molar-refractivity contribution in [2.75, 3.05) is 47.8 Å². The van der Waals surface area contributed by atoms with Gasteiger partial charge in [0.25, 0.3) is 21.8 Å². The topological polar surface area (TPSA) is 214 Å². The van der Waals surface area contributed by atoms with Crippen LogP contribution in [0.4, 0.5) is 23.1 Å². The number of rotatable bonds is 11. The van der Waals surface area contributed by atoms with Crippen molar-refractivity contribution in [2.24, 2.45) is 5.92 Å². The summed E-state index contributed by atoms with van der Waals surface area (Å²) in [6.07, 6.45) is 11.1. The van der Waals surface area contributed by atoms with Gasteiger partial charge < -0.3 is 15.1 Å². The van der Waals surface area contributed by atoms with E-state index in [0.717, 1.165) is 83.4 Å². The molecule has 1 saturated carbocycles. The SMILES string of the molecule is CC(C)n1nc(N2CCC(CN3CC4CC3CN4c3ccc4c(c3)C(=O)N(C3CCC(=O)NC3=O)C4=O)CC2)c2cnc(Nc3ccnc(-c4cnn(S(=O)(=O)C5CC5)c4)n3)cc21. The predicted molar refractivity (Wildman–Crippen MR) is 231 cm³/mol. The Kier molecular flexibility index (Phi) is 9.37. The van der Waals surface area contributed by atoms with Crippen LogP contribution in [-0.2, 0) is 19.6 Å². The van der Waals surface area contributed by atoms with Gasteiger partial charge in [-0.15, -0.1) is 0 Å². The first-order valence-corrected chi connectivity index (χ1v) is 23.3. The third-order valence-electron chi connectivity index (χ3n) is 13.5. The van der Waals surface area contributed by atoms with Crippen LogP contribution in [0, 0.1) is 5.92 Å². The number of fused-ring (bicyclic) bond motifs is 4. The molecule has 4 amide bonds. The van der Waals surface area contributed by atoms with Gasteiger partial charge in [-0.2, -0.15) is 14.3 Å². The highest BCUT2D eigenvalue weighted by atomic mass is 32.2. The van der Waals surface area contributed by atoms with E-state index in [2.05, 4.69) is 54.2 Å². The Morgan fingerprint density at radius 1 is 0.889 bits per heavy atom. The molecule has 2 bridgehead atoms. The maximum atomic E-state index is 13.5. The van der Waals surface area contributed by atoms with E-state index in [4.69, 9.17) is 10.1 Å². The van der Waals surface area contributed by atoms with Crippen molar-refractivity contribution < 1.29 is 27.6 Å². The van der Waals surface area contributed by atoms with Gasteiger partial charge in [0.2, 0.25) is 11.8 Å². The average molecular weight is 874 g/mol. The molecule has 4 aromatic heterocycles. The minimum absolute atomic E-state index is 0.0890. The van der Waals surface area contributed by atoms with Gasteiger partial charge in [-0.3, -0.25) is 39.0 Å². The third-order valence-corrected chi connectivity index (χ3v) is 15.5. The molecule has 5 aliphatic heterocycles. The third kappa shape index (κ3) is 6.89. The Labute approximate surface area is 362 Å². The zero-order valence-corrected chi connectivity index (χ0v) is 35.7. The quantitative estimate of drug-likeness (QED) is 0.182. The number of aromatic nitrogens is 7. The van der Waals surface area contributed by atoms with Crippen LogP contribution in [-0.4, -0.2) is 132 Å². The van der Waals surface area contributed by atoms with Gasteiger partial charge in [-0.25, -0.2) is 23.4 Å². The number of benzene rings is 1. The number of imide groups is 2. The normalized spacial score (nSPS) is 23.2. The molecule has 6 aliphatic rings. The highest BCUT2D eigenvalue weighted by molar-refractivity contribution is 7.90. The van der Waals surface area contributed by atoms with Crippen molar-refractivity contribution >= 4 is 67.7 Å². The molecule has 2 N–H and O–H groups in total. The number of piperazine rings is 1. The first kappa shape index (κ1) is 39.6. The monoisotopic (exact) mass is 873 g/mol. The standard InChI is InChI=1S/C43H47N13O6S/c1-24(2)56-35-17-37(47-36-9-12-44-39(48-36)26-18-46-54(21-26)63(61,62)30-4-5-30)45-19-33(35)40(50-56)51-13-10-25(11-14-51)20-52-22-29-15-28(52)23-53(29)27-3-6-31-32(16-27)43(60)55(42(31)59)34-7-8-38(57)49-41(34)58/h3,6,9,12,16-19,21,24-25,28-30,34H,4-5,7-8,10-11,13-15,20,22-23H2,1-2H3,(H,49,57,58)(H,44,45,47,48). The largest absolute Gasteiger partial charge is 0.366 e. The number of piperidine rings is 2. The number of anilines is 4. The number of hydrogen-bond acceptors (Lipinski definition) is 15. The van der Waals surface area contributed by atoms with Crippen molar-refractivity contribution in [3.63, 3.8) is 0 Å². The molecule has 11 rings (SSSR count). The van der Waals surface area contributed by atoms with Crippen LogP contribution in [0.2, 0.25) is 0 Å². The molecule has 0 radical (unpaired) electrons. The summed E-state index contributed by atoms with van der Waals surface area (Å²) in [6, 6.07) is 9.00. The predicted octanol–water partition coefficient (Wildman–Crippen LogP) is 3.33. The second kappa shape index (κ2) is 14.9. The smallest absolute Gasteiger partial charge is 0.262 e. The van der Waals surface area contributed by atoms with Crippen molar-refractivity contribution in [3.05, 3.63) is 66.2 Å². The fourth-order valence-electron chi connectivity index (χ4n) is 10.1. The summed E-state index contributed by atoms with van der Waals surface area (Å²) in [5, 5.41) is 15.4. The fourth-order valence-corrected chi connectivity index (χ4v) is 11.6. The van der Waals surface area contributed by atoms with Crippen LogP contribution >= 0.6 is 0 Å². The van der Waals surface area contributed by atoms with E-state index in [9.17, 15) is 27.6 Å². The maximum absolute atomic E-state index is 13.5. The van der Waals surface area contributed by atoms with E-state index in [-0.39, 0.29) is 24.1 Å². The number of pyridine rings is 1. The lowest BCUT2D eigenvalue weighted by Crippen LogP contribution is -2.54. The molecule has 63 heavy (non-hydrogen) atoms. The number of likely N-dealkylation sites (tertiary alicyclic amines) is 1.